The van der Waals surface area contributed by atoms with Crippen LogP contribution in [0.3, 0.4) is 0 Å². The maximum absolute atomic E-state index is 13.9. The van der Waals surface area contributed by atoms with Gasteiger partial charge >= 0.3 is 5.69 Å². The van der Waals surface area contributed by atoms with E-state index < -0.39 is 58.3 Å². The molecular weight excluding hydrogens is 554 g/mol. The Balaban J connectivity index is 1.66. The molecule has 40 heavy (non-hydrogen) atoms. The largest absolute Gasteiger partial charge is 0.471 e. The van der Waals surface area contributed by atoms with Crippen molar-refractivity contribution in [3.63, 3.8) is 0 Å². The fourth-order valence-electron chi connectivity index (χ4n) is 3.99. The Morgan fingerprint density at radius 3 is 2.40 bits per heavy atom. The monoisotopic (exact) mass is 576 g/mol. The minimum atomic E-state index is -1.43. The molecule has 0 aliphatic rings. The highest BCUT2D eigenvalue weighted by molar-refractivity contribution is 6.31. The number of rotatable bonds is 8. The number of carbonyl (C=O) groups excluding carboxylic acids is 2. The molecule has 0 fully saturated rings. The number of hydrogen-bond donors (Lipinski definition) is 2. The molecule has 2 heterocycles. The van der Waals surface area contributed by atoms with E-state index in [-0.39, 0.29) is 35.6 Å². The van der Waals surface area contributed by atoms with Crippen molar-refractivity contribution in [3.05, 3.63) is 91.3 Å². The SMILES string of the molecule is CC(C)(O)CC(=O)n1c(=O)n(C(=O)CO)c2cc(Cn3cnc(OCc4ccc(F)cc4F)c(Cl)c3=O)ccc21. The van der Waals surface area contributed by atoms with Crippen molar-refractivity contribution in [2.75, 3.05) is 6.61 Å². The number of aliphatic hydroxyl groups is 2. The number of aromatic nitrogens is 4. The van der Waals surface area contributed by atoms with Crippen molar-refractivity contribution < 1.29 is 33.3 Å². The van der Waals surface area contributed by atoms with Gasteiger partial charge in [-0.3, -0.25) is 19.0 Å². The number of ether oxygens (including phenoxy) is 1. The summed E-state index contributed by atoms with van der Waals surface area (Å²) in [5.41, 5.74) is -2.67. The van der Waals surface area contributed by atoms with Crippen molar-refractivity contribution in [1.82, 2.24) is 18.7 Å². The standard InChI is InChI=1S/C26H23ClF2N4O7/c1-26(2,39)9-20(35)32-18-6-3-14(7-19(18)33(25(32)38)21(36)11-34)10-31-13-30-23(22(27)24(31)37)40-12-15-4-5-16(28)8-17(15)29/h3-8,13,34,39H,9-12H2,1-2H3. The highest BCUT2D eigenvalue weighted by Crippen LogP contribution is 2.21. The number of nitrogens with zero attached hydrogens (tertiary/aromatic N) is 4. The summed E-state index contributed by atoms with van der Waals surface area (Å²) in [5.74, 6) is -3.61. The average Bonchev–Trinajstić information content (AvgIpc) is 3.17. The number of benzene rings is 2. The molecule has 0 aliphatic carbocycles. The van der Waals surface area contributed by atoms with Crippen molar-refractivity contribution in [1.29, 1.82) is 0 Å². The van der Waals surface area contributed by atoms with Crippen LogP contribution >= 0.6 is 11.6 Å². The molecule has 0 bridgehead atoms. The zero-order valence-electron chi connectivity index (χ0n) is 21.2. The first-order chi connectivity index (χ1) is 18.8. The van der Waals surface area contributed by atoms with E-state index in [1.807, 2.05) is 0 Å². The topological polar surface area (TPSA) is 146 Å². The van der Waals surface area contributed by atoms with Crippen molar-refractivity contribution in [2.45, 2.75) is 39.0 Å². The second-order valence-electron chi connectivity index (χ2n) is 9.53. The van der Waals surface area contributed by atoms with E-state index in [0.717, 1.165) is 21.5 Å². The zero-order chi connectivity index (χ0) is 29.4. The summed E-state index contributed by atoms with van der Waals surface area (Å²) in [6.45, 7) is 1.28. The maximum Gasteiger partial charge on any atom is 0.342 e. The summed E-state index contributed by atoms with van der Waals surface area (Å²) in [7, 11) is 0. The van der Waals surface area contributed by atoms with Crippen LogP contribution in [0.5, 0.6) is 5.88 Å². The molecule has 0 saturated heterocycles. The second kappa shape index (κ2) is 11.1. The molecule has 2 N–H and O–H groups in total. The third kappa shape index (κ3) is 5.86. The van der Waals surface area contributed by atoms with E-state index in [1.54, 1.807) is 0 Å². The molecule has 4 aromatic rings. The van der Waals surface area contributed by atoms with Crippen LogP contribution < -0.4 is 16.0 Å². The molecule has 0 aliphatic heterocycles. The molecular formula is C26H23ClF2N4O7. The fraction of sp³-hybridized carbons (Fsp3) is 0.269. The first-order valence-corrected chi connectivity index (χ1v) is 12.2. The molecule has 14 heteroatoms. The van der Waals surface area contributed by atoms with Gasteiger partial charge in [-0.15, -0.1) is 0 Å². The van der Waals surface area contributed by atoms with Gasteiger partial charge in [0.1, 0.15) is 31.2 Å². The Labute approximate surface area is 229 Å². The normalized spacial score (nSPS) is 11.7. The van der Waals surface area contributed by atoms with Crippen LogP contribution in [0.4, 0.5) is 8.78 Å². The highest BCUT2D eigenvalue weighted by atomic mass is 35.5. The average molecular weight is 577 g/mol. The van der Waals surface area contributed by atoms with E-state index in [1.165, 1.54) is 38.1 Å². The van der Waals surface area contributed by atoms with Gasteiger partial charge < -0.3 is 14.9 Å². The predicted molar refractivity (Wildman–Crippen MR) is 139 cm³/mol. The first kappa shape index (κ1) is 28.8. The van der Waals surface area contributed by atoms with Gasteiger partial charge in [0.15, 0.2) is 5.02 Å². The number of carbonyl (C=O) groups is 2. The third-order valence-corrected chi connectivity index (χ3v) is 6.13. The van der Waals surface area contributed by atoms with Gasteiger partial charge in [0.05, 0.1) is 29.6 Å². The fourth-order valence-corrected chi connectivity index (χ4v) is 4.20. The summed E-state index contributed by atoms with van der Waals surface area (Å²) in [6, 6.07) is 7.21. The summed E-state index contributed by atoms with van der Waals surface area (Å²) in [5, 5.41) is 19.0. The lowest BCUT2D eigenvalue weighted by atomic mass is 10.1. The van der Waals surface area contributed by atoms with Crippen LogP contribution in [0.25, 0.3) is 11.0 Å². The number of imidazole rings is 1. The minimum absolute atomic E-state index is 0.000899. The van der Waals surface area contributed by atoms with E-state index in [2.05, 4.69) is 4.98 Å². The summed E-state index contributed by atoms with van der Waals surface area (Å²) in [4.78, 5) is 55.0. The molecule has 11 nitrogen and oxygen atoms in total. The Kier molecular flexibility index (Phi) is 8.00. The molecule has 0 radical (unpaired) electrons. The highest BCUT2D eigenvalue weighted by Gasteiger charge is 2.26. The van der Waals surface area contributed by atoms with Gasteiger partial charge in [-0.05, 0) is 43.7 Å². The van der Waals surface area contributed by atoms with Crippen LogP contribution in [0.1, 0.15) is 41.0 Å². The van der Waals surface area contributed by atoms with Crippen LogP contribution in [0.2, 0.25) is 5.02 Å². The van der Waals surface area contributed by atoms with Gasteiger partial charge in [-0.25, -0.2) is 27.7 Å². The zero-order valence-corrected chi connectivity index (χ0v) is 22.0. The van der Waals surface area contributed by atoms with E-state index in [4.69, 9.17) is 16.3 Å². The third-order valence-electron chi connectivity index (χ3n) is 5.81. The van der Waals surface area contributed by atoms with Gasteiger partial charge in [0.25, 0.3) is 11.5 Å². The Morgan fingerprint density at radius 1 is 1.05 bits per heavy atom. The molecule has 0 unspecified atom stereocenters. The van der Waals surface area contributed by atoms with Crippen molar-refractivity contribution in [2.24, 2.45) is 0 Å². The molecule has 0 amide bonds. The van der Waals surface area contributed by atoms with Crippen LogP contribution in [-0.4, -0.2) is 52.9 Å². The van der Waals surface area contributed by atoms with E-state index >= 15 is 0 Å². The quantitative estimate of drug-likeness (QED) is 0.325. The predicted octanol–water partition coefficient (Wildman–Crippen LogP) is 2.35. The van der Waals surface area contributed by atoms with Crippen LogP contribution in [0, 0.1) is 11.6 Å². The molecule has 2 aromatic carbocycles. The molecule has 210 valence electrons. The molecule has 4 rings (SSSR count). The smallest absolute Gasteiger partial charge is 0.342 e. The summed E-state index contributed by atoms with van der Waals surface area (Å²) < 4.78 is 34.8. The first-order valence-electron chi connectivity index (χ1n) is 11.8. The lowest BCUT2D eigenvalue weighted by Gasteiger charge is -2.15. The summed E-state index contributed by atoms with van der Waals surface area (Å²) >= 11 is 6.13. The maximum atomic E-state index is 13.9. The molecule has 0 atom stereocenters. The van der Waals surface area contributed by atoms with Gasteiger partial charge in [-0.2, -0.15) is 0 Å². The van der Waals surface area contributed by atoms with Crippen LogP contribution in [0.15, 0.2) is 52.3 Å². The Morgan fingerprint density at radius 2 is 1.75 bits per heavy atom. The van der Waals surface area contributed by atoms with Gasteiger partial charge in [0, 0.05) is 11.6 Å². The minimum Gasteiger partial charge on any atom is -0.471 e. The molecule has 0 saturated carbocycles. The Hall–Kier alpha value is -4.20. The van der Waals surface area contributed by atoms with Gasteiger partial charge in [0.2, 0.25) is 11.8 Å². The lowest BCUT2D eigenvalue weighted by molar-refractivity contribution is 0.0530. The van der Waals surface area contributed by atoms with E-state index in [9.17, 15) is 38.2 Å². The van der Waals surface area contributed by atoms with Crippen molar-refractivity contribution >= 4 is 34.4 Å². The van der Waals surface area contributed by atoms with E-state index in [0.29, 0.717) is 16.2 Å². The number of halogens is 3. The van der Waals surface area contributed by atoms with Crippen molar-refractivity contribution in [3.8, 4) is 5.88 Å². The lowest BCUT2D eigenvalue weighted by Crippen LogP contribution is -2.36. The number of fused-ring (bicyclic) bond motifs is 1. The molecule has 2 aromatic heterocycles. The number of hydrogen-bond acceptors (Lipinski definition) is 8. The Bertz CT molecular complexity index is 1760. The number of aliphatic hydroxyl groups excluding tert-OH is 1. The molecule has 0 spiro atoms. The van der Waals surface area contributed by atoms with Crippen LogP contribution in [-0.2, 0) is 13.2 Å². The summed E-state index contributed by atoms with van der Waals surface area (Å²) in [6.07, 6.45) is 0.710. The van der Waals surface area contributed by atoms with Gasteiger partial charge in [-0.1, -0.05) is 17.7 Å². The second-order valence-corrected chi connectivity index (χ2v) is 9.91.